The monoisotopic (exact) mass is 329 g/mol. The van der Waals surface area contributed by atoms with Gasteiger partial charge in [-0.3, -0.25) is 4.31 Å². The third-order valence-electron chi connectivity index (χ3n) is 3.28. The molecular weight excluding hydrogens is 318 g/mol. The number of hydrogen-bond acceptors (Lipinski definition) is 6. The van der Waals surface area contributed by atoms with Crippen molar-refractivity contribution in [3.8, 4) is 0 Å². The van der Waals surface area contributed by atoms with E-state index < -0.39 is 27.2 Å². The van der Waals surface area contributed by atoms with E-state index in [2.05, 4.69) is 0 Å². The Balaban J connectivity index is 2.09. The standard InChI is InChI=1S/C12H11NO6S2/c1-13(21(17,18)6-2-3-6)10-5-8-9(20-10)4-7(11(14)15)12(16)19-8/h4-6H,2-3H2,1H3,(H,14,15). The number of carboxylic acids is 1. The summed E-state index contributed by atoms with van der Waals surface area (Å²) in [6.07, 6.45) is 1.30. The van der Waals surface area contributed by atoms with E-state index in [1.54, 1.807) is 0 Å². The molecule has 0 unspecified atom stereocenters. The summed E-state index contributed by atoms with van der Waals surface area (Å²) in [6.45, 7) is 0. The zero-order valence-corrected chi connectivity index (χ0v) is 12.5. The number of fused-ring (bicyclic) bond motifs is 1. The molecule has 0 saturated heterocycles. The van der Waals surface area contributed by atoms with Crippen molar-refractivity contribution in [3.05, 3.63) is 28.1 Å². The summed E-state index contributed by atoms with van der Waals surface area (Å²) >= 11 is 1.07. The predicted octanol–water partition coefficient (Wildman–Crippen LogP) is 1.48. The van der Waals surface area contributed by atoms with E-state index >= 15 is 0 Å². The van der Waals surface area contributed by atoms with Gasteiger partial charge in [0.1, 0.15) is 10.6 Å². The molecule has 2 aromatic rings. The topological polar surface area (TPSA) is 105 Å². The first-order valence-electron chi connectivity index (χ1n) is 6.09. The number of aromatic carboxylic acids is 1. The van der Waals surface area contributed by atoms with E-state index in [0.717, 1.165) is 15.6 Å². The Labute approximate surface area is 123 Å². The second-order valence-electron chi connectivity index (χ2n) is 4.78. The van der Waals surface area contributed by atoms with Crippen LogP contribution in [0.25, 0.3) is 10.3 Å². The van der Waals surface area contributed by atoms with Crippen LogP contribution in [0.1, 0.15) is 23.2 Å². The van der Waals surface area contributed by atoms with Crippen LogP contribution in [0, 0.1) is 0 Å². The molecule has 9 heteroatoms. The summed E-state index contributed by atoms with van der Waals surface area (Å²) in [7, 11) is -1.96. The number of thiophene rings is 1. The van der Waals surface area contributed by atoms with Crippen LogP contribution in [0.2, 0.25) is 0 Å². The molecule has 1 saturated carbocycles. The quantitative estimate of drug-likeness (QED) is 0.911. The van der Waals surface area contributed by atoms with Gasteiger partial charge in [0.05, 0.1) is 9.95 Å². The molecule has 1 aliphatic carbocycles. The third kappa shape index (κ3) is 2.32. The van der Waals surface area contributed by atoms with Crippen LogP contribution in [-0.2, 0) is 10.0 Å². The minimum Gasteiger partial charge on any atom is -0.477 e. The molecule has 2 aromatic heterocycles. The summed E-state index contributed by atoms with van der Waals surface area (Å²) in [5, 5.41) is 8.93. The van der Waals surface area contributed by atoms with Crippen LogP contribution in [0.3, 0.4) is 0 Å². The Kier molecular flexibility index (Phi) is 3.06. The number of carbonyl (C=O) groups is 1. The number of anilines is 1. The SMILES string of the molecule is CN(c1cc2oc(=O)c(C(=O)O)cc2s1)S(=O)(=O)C1CC1. The number of sulfonamides is 1. The summed E-state index contributed by atoms with van der Waals surface area (Å²) in [5.41, 5.74) is -1.24. The number of rotatable bonds is 4. The van der Waals surface area contributed by atoms with Gasteiger partial charge in [-0.2, -0.15) is 0 Å². The van der Waals surface area contributed by atoms with Crippen LogP contribution in [0.5, 0.6) is 0 Å². The minimum absolute atomic E-state index is 0.183. The zero-order chi connectivity index (χ0) is 15.4. The van der Waals surface area contributed by atoms with Crippen molar-refractivity contribution in [2.45, 2.75) is 18.1 Å². The highest BCUT2D eigenvalue weighted by Crippen LogP contribution is 2.37. The van der Waals surface area contributed by atoms with Gasteiger partial charge >= 0.3 is 11.6 Å². The van der Waals surface area contributed by atoms with E-state index in [0.29, 0.717) is 22.5 Å². The number of carboxylic acid groups (broad SMARTS) is 1. The van der Waals surface area contributed by atoms with E-state index in [1.165, 1.54) is 19.2 Å². The Morgan fingerprint density at radius 2 is 2.10 bits per heavy atom. The first-order valence-corrected chi connectivity index (χ1v) is 8.41. The third-order valence-corrected chi connectivity index (χ3v) is 6.81. The predicted molar refractivity (Wildman–Crippen MR) is 77.7 cm³/mol. The van der Waals surface area contributed by atoms with Crippen molar-refractivity contribution in [1.29, 1.82) is 0 Å². The van der Waals surface area contributed by atoms with E-state index in [1.807, 2.05) is 0 Å². The molecule has 3 rings (SSSR count). The molecule has 0 amide bonds. The Morgan fingerprint density at radius 3 is 2.67 bits per heavy atom. The van der Waals surface area contributed by atoms with Gasteiger partial charge in [-0.15, -0.1) is 11.3 Å². The van der Waals surface area contributed by atoms with Gasteiger partial charge in [-0.1, -0.05) is 0 Å². The molecule has 21 heavy (non-hydrogen) atoms. The minimum atomic E-state index is -3.40. The molecule has 0 atom stereocenters. The van der Waals surface area contributed by atoms with E-state index in [-0.39, 0.29) is 10.8 Å². The molecule has 112 valence electrons. The Hall–Kier alpha value is -1.87. The fourth-order valence-corrected chi connectivity index (χ4v) is 4.72. The molecule has 0 aromatic carbocycles. The molecule has 1 aliphatic rings. The first kappa shape index (κ1) is 14.1. The number of hydrogen-bond donors (Lipinski definition) is 1. The second-order valence-corrected chi connectivity index (χ2v) is 8.08. The van der Waals surface area contributed by atoms with Gasteiger partial charge in [-0.25, -0.2) is 18.0 Å². The smallest absolute Gasteiger partial charge is 0.351 e. The van der Waals surface area contributed by atoms with Crippen molar-refractivity contribution >= 4 is 42.6 Å². The molecule has 0 aliphatic heterocycles. The lowest BCUT2D eigenvalue weighted by Gasteiger charge is -2.16. The van der Waals surface area contributed by atoms with Gasteiger partial charge < -0.3 is 9.52 Å². The lowest BCUT2D eigenvalue weighted by Crippen LogP contribution is -2.28. The highest BCUT2D eigenvalue weighted by molar-refractivity contribution is 7.93. The van der Waals surface area contributed by atoms with Crippen LogP contribution in [0.4, 0.5) is 5.00 Å². The summed E-state index contributed by atoms with van der Waals surface area (Å²) in [4.78, 5) is 22.4. The normalized spacial score (nSPS) is 15.3. The molecule has 7 nitrogen and oxygen atoms in total. The Bertz CT molecular complexity index is 890. The fourth-order valence-electron chi connectivity index (χ4n) is 1.92. The van der Waals surface area contributed by atoms with Crippen molar-refractivity contribution in [1.82, 2.24) is 0 Å². The molecule has 1 N–H and O–H groups in total. The summed E-state index contributed by atoms with van der Waals surface area (Å²) < 4.78 is 30.8. The van der Waals surface area contributed by atoms with E-state index in [4.69, 9.17) is 9.52 Å². The summed E-state index contributed by atoms with van der Waals surface area (Å²) in [6, 6.07) is 2.64. The lowest BCUT2D eigenvalue weighted by atomic mass is 10.3. The van der Waals surface area contributed by atoms with Crippen molar-refractivity contribution in [2.75, 3.05) is 11.4 Å². The molecule has 2 heterocycles. The maximum Gasteiger partial charge on any atom is 0.351 e. The van der Waals surface area contributed by atoms with Gasteiger partial charge in [0.25, 0.3) is 0 Å². The average molecular weight is 329 g/mol. The first-order chi connectivity index (χ1) is 9.80. The number of nitrogens with zero attached hydrogens (tertiary/aromatic N) is 1. The highest BCUT2D eigenvalue weighted by atomic mass is 32.2. The largest absolute Gasteiger partial charge is 0.477 e. The van der Waals surface area contributed by atoms with Crippen molar-refractivity contribution in [2.24, 2.45) is 0 Å². The van der Waals surface area contributed by atoms with Gasteiger partial charge in [0.2, 0.25) is 10.0 Å². The molecule has 0 spiro atoms. The zero-order valence-electron chi connectivity index (χ0n) is 10.9. The Morgan fingerprint density at radius 1 is 1.43 bits per heavy atom. The average Bonchev–Trinajstić information content (AvgIpc) is 3.18. The van der Waals surface area contributed by atoms with Gasteiger partial charge in [0, 0.05) is 13.1 Å². The van der Waals surface area contributed by atoms with E-state index in [9.17, 15) is 18.0 Å². The highest BCUT2D eigenvalue weighted by Gasteiger charge is 2.39. The maximum absolute atomic E-state index is 12.2. The van der Waals surface area contributed by atoms with Crippen LogP contribution >= 0.6 is 11.3 Å². The molecule has 1 fully saturated rings. The summed E-state index contributed by atoms with van der Waals surface area (Å²) in [5.74, 6) is -1.38. The molecule has 0 bridgehead atoms. The van der Waals surface area contributed by atoms with Crippen LogP contribution in [-0.4, -0.2) is 31.8 Å². The van der Waals surface area contributed by atoms with Crippen LogP contribution in [0.15, 0.2) is 21.3 Å². The second kappa shape index (κ2) is 4.57. The molecule has 0 radical (unpaired) electrons. The fraction of sp³-hybridized carbons (Fsp3) is 0.333. The maximum atomic E-state index is 12.2. The van der Waals surface area contributed by atoms with Gasteiger partial charge in [-0.05, 0) is 18.9 Å². The van der Waals surface area contributed by atoms with Crippen molar-refractivity contribution < 1.29 is 22.7 Å². The van der Waals surface area contributed by atoms with Gasteiger partial charge in [0.15, 0.2) is 5.58 Å². The van der Waals surface area contributed by atoms with Crippen molar-refractivity contribution in [3.63, 3.8) is 0 Å². The lowest BCUT2D eigenvalue weighted by molar-refractivity contribution is 0.0692. The van der Waals surface area contributed by atoms with Crippen LogP contribution < -0.4 is 9.93 Å². The molecular formula is C12H11NO6S2.